The lowest BCUT2D eigenvalue weighted by Crippen LogP contribution is -2.42. The summed E-state index contributed by atoms with van der Waals surface area (Å²) in [6.07, 6.45) is 0. The van der Waals surface area contributed by atoms with E-state index in [4.69, 9.17) is 0 Å². The van der Waals surface area contributed by atoms with Gasteiger partial charge in [0.25, 0.3) is 5.56 Å². The molecule has 0 bridgehead atoms. The summed E-state index contributed by atoms with van der Waals surface area (Å²) in [6, 6.07) is 20.4. The van der Waals surface area contributed by atoms with Crippen LogP contribution in [0.4, 0.5) is 5.69 Å². The normalized spacial score (nSPS) is 10.9. The molecule has 0 aliphatic heterocycles. The molecular weight excluding hydrogens is 380 g/mol. The fraction of sp³-hybridized carbons (Fsp3) is 0.130. The molecule has 7 heteroatoms. The van der Waals surface area contributed by atoms with Crippen molar-refractivity contribution >= 4 is 22.4 Å². The van der Waals surface area contributed by atoms with E-state index < -0.39 is 11.2 Å². The lowest BCUT2D eigenvalue weighted by molar-refractivity contribution is -0.114. The lowest BCUT2D eigenvalue weighted by Gasteiger charge is -2.13. The van der Waals surface area contributed by atoms with Crippen molar-refractivity contribution in [2.24, 2.45) is 0 Å². The van der Waals surface area contributed by atoms with E-state index in [9.17, 15) is 14.4 Å². The van der Waals surface area contributed by atoms with Gasteiger partial charge in [-0.25, -0.2) is 4.79 Å². The van der Waals surface area contributed by atoms with Crippen LogP contribution >= 0.6 is 0 Å². The summed E-state index contributed by atoms with van der Waals surface area (Å²) in [7, 11) is 0. The number of aromatic nitrogens is 3. The van der Waals surface area contributed by atoms with Gasteiger partial charge in [0, 0.05) is 12.6 Å². The number of hydrogen-bond donors (Lipinski definition) is 1. The number of carbonyl (C=O) groups is 1. The van der Waals surface area contributed by atoms with Gasteiger partial charge in [0.2, 0.25) is 5.91 Å². The summed E-state index contributed by atoms with van der Waals surface area (Å²) >= 11 is 0. The van der Waals surface area contributed by atoms with Gasteiger partial charge < -0.3 is 5.32 Å². The predicted molar refractivity (Wildman–Crippen MR) is 116 cm³/mol. The molecule has 0 saturated carbocycles. The summed E-state index contributed by atoms with van der Waals surface area (Å²) in [5.41, 5.74) is 1.11. The number of nitrogens with one attached hydrogen (secondary N) is 1. The largest absolute Gasteiger partial charge is 0.352 e. The first-order valence-electron chi connectivity index (χ1n) is 9.49. The molecule has 1 amide bonds. The van der Waals surface area contributed by atoms with E-state index in [1.807, 2.05) is 42.5 Å². The van der Waals surface area contributed by atoms with Crippen molar-refractivity contribution in [1.29, 1.82) is 0 Å². The molecule has 0 radical (unpaired) electrons. The number of anilines is 1. The Bertz CT molecular complexity index is 1380. The molecule has 1 aromatic heterocycles. The minimum absolute atomic E-state index is 0.133. The number of fused-ring (bicyclic) bond motifs is 1. The molecule has 4 aromatic rings. The van der Waals surface area contributed by atoms with Crippen LogP contribution in [-0.2, 0) is 11.3 Å². The SMILES string of the molecule is CC(=O)Nc1cccc(-n2nc(C)c(=O)n(Cc3cccc4ccccc34)c2=O)c1. The Labute approximate surface area is 172 Å². The molecule has 0 unspecified atom stereocenters. The topological polar surface area (TPSA) is 86.0 Å². The number of benzene rings is 3. The van der Waals surface area contributed by atoms with Crippen molar-refractivity contribution in [3.05, 3.63) is 98.8 Å². The van der Waals surface area contributed by atoms with Crippen molar-refractivity contribution in [2.45, 2.75) is 20.4 Å². The molecule has 30 heavy (non-hydrogen) atoms. The van der Waals surface area contributed by atoms with Crippen LogP contribution in [0.1, 0.15) is 18.2 Å². The Balaban J connectivity index is 1.85. The van der Waals surface area contributed by atoms with Gasteiger partial charge >= 0.3 is 5.69 Å². The van der Waals surface area contributed by atoms with Crippen LogP contribution < -0.4 is 16.6 Å². The maximum absolute atomic E-state index is 13.2. The molecule has 0 aliphatic rings. The van der Waals surface area contributed by atoms with Crippen LogP contribution in [0.2, 0.25) is 0 Å². The van der Waals surface area contributed by atoms with Crippen LogP contribution in [0, 0.1) is 6.92 Å². The minimum atomic E-state index is -0.543. The highest BCUT2D eigenvalue weighted by atomic mass is 16.2. The number of carbonyl (C=O) groups excluding carboxylic acids is 1. The smallest absolute Gasteiger partial charge is 0.326 e. The summed E-state index contributed by atoms with van der Waals surface area (Å²) < 4.78 is 2.38. The molecule has 3 aromatic carbocycles. The van der Waals surface area contributed by atoms with E-state index in [1.54, 1.807) is 31.2 Å². The molecule has 1 N–H and O–H groups in total. The minimum Gasteiger partial charge on any atom is -0.326 e. The summed E-state index contributed by atoms with van der Waals surface area (Å²) in [5, 5.41) is 8.89. The third-order valence-electron chi connectivity index (χ3n) is 4.84. The van der Waals surface area contributed by atoms with Gasteiger partial charge in [0.15, 0.2) is 0 Å². The Morgan fingerprint density at radius 1 is 1.00 bits per heavy atom. The Hall–Kier alpha value is -4.00. The Kier molecular flexibility index (Phi) is 5.02. The number of aryl methyl sites for hydroxylation is 1. The number of amides is 1. The summed E-state index contributed by atoms with van der Waals surface area (Å²) in [5.74, 6) is -0.218. The maximum Gasteiger partial charge on any atom is 0.352 e. The average Bonchev–Trinajstić information content (AvgIpc) is 2.73. The molecular formula is C23H20N4O3. The maximum atomic E-state index is 13.2. The monoisotopic (exact) mass is 400 g/mol. The van der Waals surface area contributed by atoms with Crippen LogP contribution in [0.25, 0.3) is 16.5 Å². The molecule has 0 aliphatic carbocycles. The second-order valence-electron chi connectivity index (χ2n) is 7.04. The number of nitrogens with zero attached hydrogens (tertiary/aromatic N) is 3. The van der Waals surface area contributed by atoms with Gasteiger partial charge in [-0.1, -0.05) is 48.5 Å². The molecule has 4 rings (SSSR count). The molecule has 1 heterocycles. The second-order valence-corrected chi connectivity index (χ2v) is 7.04. The quantitative estimate of drug-likeness (QED) is 0.571. The molecule has 0 fully saturated rings. The summed E-state index contributed by atoms with van der Waals surface area (Å²) in [4.78, 5) is 37.3. The van der Waals surface area contributed by atoms with Gasteiger partial charge in [0.1, 0.15) is 5.69 Å². The zero-order chi connectivity index (χ0) is 21.3. The van der Waals surface area contributed by atoms with E-state index in [-0.39, 0.29) is 18.1 Å². The third kappa shape index (κ3) is 3.65. The van der Waals surface area contributed by atoms with Crippen LogP contribution in [0.15, 0.2) is 76.3 Å². The predicted octanol–water partition coefficient (Wildman–Crippen LogP) is 2.86. The summed E-state index contributed by atoms with van der Waals surface area (Å²) in [6.45, 7) is 3.12. The Morgan fingerprint density at radius 3 is 2.53 bits per heavy atom. The van der Waals surface area contributed by atoms with Gasteiger partial charge in [-0.3, -0.25) is 14.2 Å². The first-order chi connectivity index (χ1) is 14.4. The van der Waals surface area contributed by atoms with E-state index in [1.165, 1.54) is 16.2 Å². The Morgan fingerprint density at radius 2 is 1.73 bits per heavy atom. The highest BCUT2D eigenvalue weighted by Crippen LogP contribution is 2.19. The first kappa shape index (κ1) is 19.3. The van der Waals surface area contributed by atoms with Gasteiger partial charge in [-0.2, -0.15) is 9.78 Å². The zero-order valence-corrected chi connectivity index (χ0v) is 16.6. The number of rotatable bonds is 4. The molecule has 0 saturated heterocycles. The van der Waals surface area contributed by atoms with E-state index in [0.717, 1.165) is 16.3 Å². The average molecular weight is 400 g/mol. The van der Waals surface area contributed by atoms with Gasteiger partial charge in [-0.05, 0) is 41.5 Å². The van der Waals surface area contributed by atoms with E-state index >= 15 is 0 Å². The van der Waals surface area contributed by atoms with E-state index in [2.05, 4.69) is 10.4 Å². The van der Waals surface area contributed by atoms with Crippen molar-refractivity contribution in [2.75, 3.05) is 5.32 Å². The second kappa shape index (κ2) is 7.79. The van der Waals surface area contributed by atoms with Gasteiger partial charge in [0.05, 0.1) is 12.2 Å². The van der Waals surface area contributed by atoms with Crippen LogP contribution in [-0.4, -0.2) is 20.3 Å². The number of hydrogen-bond acceptors (Lipinski definition) is 4. The zero-order valence-electron chi connectivity index (χ0n) is 16.6. The van der Waals surface area contributed by atoms with E-state index in [0.29, 0.717) is 11.4 Å². The van der Waals surface area contributed by atoms with Crippen molar-refractivity contribution < 1.29 is 4.79 Å². The first-order valence-corrected chi connectivity index (χ1v) is 9.49. The standard InChI is InChI=1S/C23H20N4O3/c1-15-22(29)26(14-18-9-5-8-17-7-3-4-12-21(17)18)23(30)27(25-15)20-11-6-10-19(13-20)24-16(2)28/h3-13H,14H2,1-2H3,(H,24,28). The van der Waals surface area contributed by atoms with Crippen molar-refractivity contribution in [1.82, 2.24) is 14.3 Å². The molecule has 0 spiro atoms. The fourth-order valence-corrected chi connectivity index (χ4v) is 3.46. The molecule has 7 nitrogen and oxygen atoms in total. The molecule has 150 valence electrons. The molecule has 0 atom stereocenters. The van der Waals surface area contributed by atoms with Crippen molar-refractivity contribution in [3.63, 3.8) is 0 Å². The van der Waals surface area contributed by atoms with Crippen LogP contribution in [0.5, 0.6) is 0 Å². The highest BCUT2D eigenvalue weighted by molar-refractivity contribution is 5.89. The highest BCUT2D eigenvalue weighted by Gasteiger charge is 2.14. The van der Waals surface area contributed by atoms with Crippen molar-refractivity contribution in [3.8, 4) is 5.69 Å². The lowest BCUT2D eigenvalue weighted by atomic mass is 10.0. The van der Waals surface area contributed by atoms with Crippen LogP contribution in [0.3, 0.4) is 0 Å². The van der Waals surface area contributed by atoms with Gasteiger partial charge in [-0.15, -0.1) is 0 Å². The fourth-order valence-electron chi connectivity index (χ4n) is 3.46. The third-order valence-corrected chi connectivity index (χ3v) is 4.84.